The number of rotatable bonds is 2. The number of H-pyrrole nitrogens is 1. The molecule has 116 valence electrons. The van der Waals surface area contributed by atoms with E-state index in [1.54, 1.807) is 4.57 Å². The summed E-state index contributed by atoms with van der Waals surface area (Å²) in [6.07, 6.45) is 9.48. The zero-order valence-electron chi connectivity index (χ0n) is 12.6. The van der Waals surface area contributed by atoms with Crippen molar-refractivity contribution in [3.05, 3.63) is 16.7 Å². The van der Waals surface area contributed by atoms with Gasteiger partial charge in [-0.3, -0.25) is 9.36 Å². The van der Waals surface area contributed by atoms with Crippen LogP contribution in [0.25, 0.3) is 11.2 Å². The van der Waals surface area contributed by atoms with Crippen LogP contribution >= 0.6 is 0 Å². The van der Waals surface area contributed by atoms with Crippen LogP contribution in [0.15, 0.2) is 11.1 Å². The van der Waals surface area contributed by atoms with Gasteiger partial charge in [-0.05, 0) is 61.7 Å². The Labute approximate surface area is 128 Å². The summed E-state index contributed by atoms with van der Waals surface area (Å²) in [4.78, 5) is 24.0. The van der Waals surface area contributed by atoms with Crippen molar-refractivity contribution < 1.29 is 0 Å². The van der Waals surface area contributed by atoms with Gasteiger partial charge in [0.2, 0.25) is 5.95 Å². The number of nitrogens with one attached hydrogen (secondary N) is 1. The maximum atomic E-state index is 12.7. The molecule has 6 nitrogen and oxygen atoms in total. The summed E-state index contributed by atoms with van der Waals surface area (Å²) < 4.78 is 1.68. The molecule has 2 heterocycles. The maximum absolute atomic E-state index is 12.7. The van der Waals surface area contributed by atoms with E-state index in [-0.39, 0.29) is 11.0 Å². The Hall–Kier alpha value is -1.85. The number of fused-ring (bicyclic) bond motifs is 1. The summed E-state index contributed by atoms with van der Waals surface area (Å²) in [7, 11) is 0. The molecule has 0 spiro atoms. The smallest absolute Gasteiger partial charge is 0.283 e. The van der Waals surface area contributed by atoms with Crippen LogP contribution in [-0.4, -0.2) is 19.5 Å². The lowest BCUT2D eigenvalue weighted by Crippen LogP contribution is -2.49. The Balaban J connectivity index is 1.57. The summed E-state index contributed by atoms with van der Waals surface area (Å²) in [6, 6.07) is 0. The SMILES string of the molecule is Nc1nc2[nH]cnc2c(=O)n1CC12CC3CC(CC(C3)C1)C2. The van der Waals surface area contributed by atoms with Crippen LogP contribution in [0.4, 0.5) is 5.95 Å². The predicted octanol–water partition coefficient (Wildman–Crippen LogP) is 1.92. The first-order valence-corrected chi connectivity index (χ1v) is 8.31. The summed E-state index contributed by atoms with van der Waals surface area (Å²) in [5.74, 6) is 2.92. The quantitative estimate of drug-likeness (QED) is 0.886. The molecule has 0 unspecified atom stereocenters. The van der Waals surface area contributed by atoms with E-state index in [2.05, 4.69) is 15.0 Å². The normalized spacial score (nSPS) is 36.3. The van der Waals surface area contributed by atoms with Crippen LogP contribution in [0.3, 0.4) is 0 Å². The third kappa shape index (κ3) is 1.69. The molecule has 0 amide bonds. The van der Waals surface area contributed by atoms with E-state index in [1.165, 1.54) is 44.9 Å². The van der Waals surface area contributed by atoms with Crippen LogP contribution < -0.4 is 11.3 Å². The van der Waals surface area contributed by atoms with Gasteiger partial charge in [-0.25, -0.2) is 4.98 Å². The zero-order valence-corrected chi connectivity index (χ0v) is 12.6. The predicted molar refractivity (Wildman–Crippen MR) is 83.2 cm³/mol. The molecule has 0 aliphatic heterocycles. The number of hydrogen-bond donors (Lipinski definition) is 2. The van der Waals surface area contributed by atoms with Crippen molar-refractivity contribution in [2.24, 2.45) is 23.2 Å². The molecule has 0 radical (unpaired) electrons. The molecule has 0 aromatic carbocycles. The number of aromatic amines is 1. The lowest BCUT2D eigenvalue weighted by atomic mass is 9.49. The second-order valence-electron chi connectivity index (χ2n) is 7.88. The molecule has 4 saturated carbocycles. The zero-order chi connectivity index (χ0) is 14.9. The van der Waals surface area contributed by atoms with Gasteiger partial charge in [0, 0.05) is 6.54 Å². The van der Waals surface area contributed by atoms with Gasteiger partial charge < -0.3 is 10.7 Å². The molecule has 0 saturated heterocycles. The molecular weight excluding hydrogens is 278 g/mol. The second kappa shape index (κ2) is 4.12. The van der Waals surface area contributed by atoms with Crippen molar-refractivity contribution in [3.63, 3.8) is 0 Å². The highest BCUT2D eigenvalue weighted by molar-refractivity contribution is 5.69. The first kappa shape index (κ1) is 12.7. The molecule has 6 heteroatoms. The highest BCUT2D eigenvalue weighted by Gasteiger charge is 2.51. The van der Waals surface area contributed by atoms with Crippen LogP contribution in [0.2, 0.25) is 0 Å². The Morgan fingerprint density at radius 2 is 1.86 bits per heavy atom. The molecule has 4 fully saturated rings. The lowest BCUT2D eigenvalue weighted by molar-refractivity contribution is -0.0620. The summed E-state index contributed by atoms with van der Waals surface area (Å²) >= 11 is 0. The molecule has 4 aliphatic carbocycles. The number of nitrogens with zero attached hydrogens (tertiary/aromatic N) is 3. The molecular formula is C16H21N5O. The molecule has 3 N–H and O–H groups in total. The lowest BCUT2D eigenvalue weighted by Gasteiger charge is -2.57. The van der Waals surface area contributed by atoms with Gasteiger partial charge in [0.15, 0.2) is 11.2 Å². The van der Waals surface area contributed by atoms with Gasteiger partial charge in [-0.15, -0.1) is 0 Å². The molecule has 22 heavy (non-hydrogen) atoms. The standard InChI is InChI=1S/C16H21N5O/c17-15-20-13-12(18-8-19-13)14(22)21(15)7-16-4-9-1-10(5-16)3-11(2-9)6-16/h8-11H,1-7H2,(H2,17,20)(H,18,19). The Morgan fingerprint density at radius 3 is 2.50 bits per heavy atom. The van der Waals surface area contributed by atoms with E-state index in [1.807, 2.05) is 0 Å². The van der Waals surface area contributed by atoms with Crippen LogP contribution in [-0.2, 0) is 6.54 Å². The molecule has 2 aromatic heterocycles. The number of anilines is 1. The van der Waals surface area contributed by atoms with E-state index < -0.39 is 0 Å². The topological polar surface area (TPSA) is 89.6 Å². The fourth-order valence-electron chi connectivity index (χ4n) is 5.91. The van der Waals surface area contributed by atoms with Crippen molar-refractivity contribution in [3.8, 4) is 0 Å². The summed E-state index contributed by atoms with van der Waals surface area (Å²) in [5, 5.41) is 0. The van der Waals surface area contributed by atoms with Crippen molar-refractivity contribution in [1.29, 1.82) is 0 Å². The van der Waals surface area contributed by atoms with Gasteiger partial charge in [-0.1, -0.05) is 0 Å². The van der Waals surface area contributed by atoms with Crippen LogP contribution in [0.5, 0.6) is 0 Å². The molecule has 4 bridgehead atoms. The van der Waals surface area contributed by atoms with Crippen LogP contribution in [0, 0.1) is 23.2 Å². The van der Waals surface area contributed by atoms with E-state index in [9.17, 15) is 4.79 Å². The summed E-state index contributed by atoms with van der Waals surface area (Å²) in [5.41, 5.74) is 7.14. The molecule has 2 aromatic rings. The van der Waals surface area contributed by atoms with Gasteiger partial charge >= 0.3 is 0 Å². The van der Waals surface area contributed by atoms with E-state index in [4.69, 9.17) is 5.73 Å². The summed E-state index contributed by atoms with van der Waals surface area (Å²) in [6.45, 7) is 0.719. The van der Waals surface area contributed by atoms with Crippen molar-refractivity contribution in [2.75, 3.05) is 5.73 Å². The molecule has 6 rings (SSSR count). The maximum Gasteiger partial charge on any atom is 0.283 e. The Kier molecular flexibility index (Phi) is 2.37. The van der Waals surface area contributed by atoms with E-state index in [0.717, 1.165) is 24.3 Å². The number of nitrogen functional groups attached to an aromatic ring is 1. The Bertz CT molecular complexity index is 769. The minimum atomic E-state index is -0.0977. The van der Waals surface area contributed by atoms with Gasteiger partial charge in [0.1, 0.15) is 0 Å². The van der Waals surface area contributed by atoms with E-state index in [0.29, 0.717) is 17.1 Å². The second-order valence-corrected chi connectivity index (χ2v) is 7.88. The van der Waals surface area contributed by atoms with Gasteiger partial charge in [0.25, 0.3) is 5.56 Å². The number of aromatic nitrogens is 4. The largest absolute Gasteiger partial charge is 0.369 e. The minimum Gasteiger partial charge on any atom is -0.369 e. The highest BCUT2D eigenvalue weighted by Crippen LogP contribution is 2.60. The fraction of sp³-hybridized carbons (Fsp3) is 0.688. The molecule has 4 aliphatic rings. The number of hydrogen-bond acceptors (Lipinski definition) is 4. The average Bonchev–Trinajstić information content (AvgIpc) is 2.90. The van der Waals surface area contributed by atoms with E-state index >= 15 is 0 Å². The highest BCUT2D eigenvalue weighted by atomic mass is 16.1. The van der Waals surface area contributed by atoms with Crippen molar-refractivity contribution in [1.82, 2.24) is 19.5 Å². The Morgan fingerprint density at radius 1 is 1.23 bits per heavy atom. The number of imidazole rings is 1. The first-order chi connectivity index (χ1) is 10.6. The third-order valence-corrected chi connectivity index (χ3v) is 6.23. The minimum absolute atomic E-state index is 0.0977. The van der Waals surface area contributed by atoms with Gasteiger partial charge in [-0.2, -0.15) is 4.98 Å². The van der Waals surface area contributed by atoms with Crippen molar-refractivity contribution >= 4 is 17.1 Å². The van der Waals surface area contributed by atoms with Gasteiger partial charge in [0.05, 0.1) is 6.33 Å². The molecule has 0 atom stereocenters. The number of nitrogens with two attached hydrogens (primary N) is 1. The monoisotopic (exact) mass is 299 g/mol. The first-order valence-electron chi connectivity index (χ1n) is 8.31. The average molecular weight is 299 g/mol. The van der Waals surface area contributed by atoms with Crippen molar-refractivity contribution in [2.45, 2.75) is 45.1 Å². The third-order valence-electron chi connectivity index (χ3n) is 6.23. The fourth-order valence-corrected chi connectivity index (χ4v) is 5.91. The van der Waals surface area contributed by atoms with Crippen LogP contribution in [0.1, 0.15) is 38.5 Å².